The van der Waals surface area contributed by atoms with E-state index in [2.05, 4.69) is 24.1 Å². The van der Waals surface area contributed by atoms with Crippen molar-refractivity contribution in [2.45, 2.75) is 31.5 Å². The number of hydrogen-bond donors (Lipinski definition) is 1. The molecule has 4 rings (SSSR count). The lowest BCUT2D eigenvalue weighted by Gasteiger charge is -2.18. The third-order valence-electron chi connectivity index (χ3n) is 5.07. The largest absolute Gasteiger partial charge is 0.350 e. The number of hydrogen-bond acceptors (Lipinski definition) is 5. The molecular weight excluding hydrogens is 420 g/mol. The van der Waals surface area contributed by atoms with Crippen LogP contribution in [0.2, 0.25) is 0 Å². The van der Waals surface area contributed by atoms with Gasteiger partial charge in [-0.25, -0.2) is 4.98 Å². The highest BCUT2D eigenvalue weighted by molar-refractivity contribution is 7.99. The zero-order chi connectivity index (χ0) is 22.5. The Morgan fingerprint density at radius 2 is 1.78 bits per heavy atom. The van der Waals surface area contributed by atoms with Crippen LogP contribution in [0.5, 0.6) is 0 Å². The summed E-state index contributed by atoms with van der Waals surface area (Å²) in [4.78, 5) is 34.9. The van der Waals surface area contributed by atoms with Gasteiger partial charge < -0.3 is 5.32 Å². The van der Waals surface area contributed by atoms with Crippen LogP contribution in [0.25, 0.3) is 16.6 Å². The van der Waals surface area contributed by atoms with Crippen molar-refractivity contribution in [1.82, 2.24) is 19.9 Å². The Hall–Kier alpha value is -3.45. The van der Waals surface area contributed by atoms with Gasteiger partial charge in [-0.2, -0.15) is 0 Å². The number of nitrogens with zero attached hydrogens (tertiary/aromatic N) is 3. The molecule has 0 atom stereocenters. The summed E-state index contributed by atoms with van der Waals surface area (Å²) in [6.07, 6.45) is 1.69. The Bertz CT molecular complexity index is 1300. The van der Waals surface area contributed by atoms with Crippen molar-refractivity contribution in [1.29, 1.82) is 0 Å². The Morgan fingerprint density at radius 1 is 1.03 bits per heavy atom. The van der Waals surface area contributed by atoms with Crippen molar-refractivity contribution >= 4 is 28.6 Å². The Balaban J connectivity index is 1.67. The number of carbonyl (C=O) groups excluding carboxylic acids is 1. The van der Waals surface area contributed by atoms with Gasteiger partial charge in [0.2, 0.25) is 5.91 Å². The highest BCUT2D eigenvalue weighted by atomic mass is 32.2. The summed E-state index contributed by atoms with van der Waals surface area (Å²) < 4.78 is 1.63. The first kappa shape index (κ1) is 21.8. The zero-order valence-corrected chi connectivity index (χ0v) is 18.8. The van der Waals surface area contributed by atoms with Gasteiger partial charge in [0.1, 0.15) is 0 Å². The van der Waals surface area contributed by atoms with Crippen LogP contribution in [-0.2, 0) is 11.3 Å². The molecule has 1 amide bonds. The van der Waals surface area contributed by atoms with Crippen LogP contribution < -0.4 is 10.9 Å². The van der Waals surface area contributed by atoms with E-state index in [9.17, 15) is 9.59 Å². The van der Waals surface area contributed by atoms with E-state index in [1.807, 2.05) is 60.7 Å². The zero-order valence-electron chi connectivity index (χ0n) is 18.0. The van der Waals surface area contributed by atoms with Gasteiger partial charge in [0.15, 0.2) is 5.16 Å². The number of nitrogens with one attached hydrogen (secondary N) is 1. The quantitative estimate of drug-likeness (QED) is 0.339. The van der Waals surface area contributed by atoms with Gasteiger partial charge in [-0.15, -0.1) is 0 Å². The third kappa shape index (κ3) is 4.73. The molecule has 0 spiro atoms. The number of fused-ring (bicyclic) bond motifs is 1. The van der Waals surface area contributed by atoms with Gasteiger partial charge in [0.25, 0.3) is 5.56 Å². The second kappa shape index (κ2) is 9.78. The van der Waals surface area contributed by atoms with Crippen LogP contribution in [0, 0.1) is 0 Å². The van der Waals surface area contributed by atoms with Gasteiger partial charge in [-0.1, -0.05) is 62.0 Å². The average Bonchev–Trinajstić information content (AvgIpc) is 2.82. The average molecular weight is 445 g/mol. The molecule has 0 unspecified atom stereocenters. The fraction of sp³-hybridized carbons (Fsp3) is 0.200. The molecule has 6 nitrogen and oxygen atoms in total. The molecule has 0 saturated heterocycles. The molecule has 0 bridgehead atoms. The third-order valence-corrected chi connectivity index (χ3v) is 6.01. The van der Waals surface area contributed by atoms with Gasteiger partial charge in [-0.05, 0) is 41.8 Å². The minimum atomic E-state index is -0.147. The minimum Gasteiger partial charge on any atom is -0.350 e. The SMILES string of the molecule is CC(C)c1ccccc1-n1c(SCC(=O)NCc2ccccn2)nc2ccccc2c1=O. The van der Waals surface area contributed by atoms with Gasteiger partial charge >= 0.3 is 0 Å². The number of aromatic nitrogens is 3. The number of carbonyl (C=O) groups is 1. The number of pyridine rings is 1. The van der Waals surface area contributed by atoms with Crippen molar-refractivity contribution in [2.24, 2.45) is 0 Å². The number of rotatable bonds is 7. The van der Waals surface area contributed by atoms with Gasteiger partial charge in [0.05, 0.1) is 34.6 Å². The van der Waals surface area contributed by atoms with E-state index < -0.39 is 0 Å². The molecule has 2 aromatic carbocycles. The summed E-state index contributed by atoms with van der Waals surface area (Å²) >= 11 is 1.25. The normalized spacial score (nSPS) is 11.1. The molecule has 0 fully saturated rings. The Labute approximate surface area is 190 Å². The fourth-order valence-corrected chi connectivity index (χ4v) is 4.31. The van der Waals surface area contributed by atoms with Crippen LogP contribution in [0.1, 0.15) is 31.0 Å². The molecule has 0 saturated carbocycles. The summed E-state index contributed by atoms with van der Waals surface area (Å²) in [5.41, 5.74) is 3.11. The summed E-state index contributed by atoms with van der Waals surface area (Å²) in [5, 5.41) is 3.92. The molecule has 162 valence electrons. The molecule has 1 N–H and O–H groups in total. The van der Waals surface area contributed by atoms with Gasteiger partial charge in [-0.3, -0.25) is 19.1 Å². The lowest BCUT2D eigenvalue weighted by Crippen LogP contribution is -2.27. The summed E-state index contributed by atoms with van der Waals surface area (Å²) in [6, 6.07) is 20.7. The van der Waals surface area contributed by atoms with E-state index in [0.29, 0.717) is 22.6 Å². The van der Waals surface area contributed by atoms with Crippen LogP contribution in [0.3, 0.4) is 0 Å². The maximum atomic E-state index is 13.5. The van der Waals surface area contributed by atoms with Crippen molar-refractivity contribution in [3.63, 3.8) is 0 Å². The van der Waals surface area contributed by atoms with E-state index in [0.717, 1.165) is 16.9 Å². The van der Waals surface area contributed by atoms with Crippen LogP contribution in [0.4, 0.5) is 0 Å². The standard InChI is InChI=1S/C25H24N4O2S/c1-17(2)19-10-4-6-13-22(19)29-24(31)20-11-3-5-12-21(20)28-25(29)32-16-23(30)27-15-18-9-7-8-14-26-18/h3-14,17H,15-16H2,1-2H3,(H,27,30). The van der Waals surface area contributed by atoms with Crippen LogP contribution >= 0.6 is 11.8 Å². The van der Waals surface area contributed by atoms with Gasteiger partial charge in [0, 0.05) is 6.20 Å². The predicted molar refractivity (Wildman–Crippen MR) is 128 cm³/mol. The smallest absolute Gasteiger partial charge is 0.266 e. The van der Waals surface area contributed by atoms with Crippen LogP contribution in [0.15, 0.2) is 82.9 Å². The summed E-state index contributed by atoms with van der Waals surface area (Å²) in [6.45, 7) is 4.54. The van der Waals surface area contributed by atoms with Crippen molar-refractivity contribution in [3.8, 4) is 5.69 Å². The number of para-hydroxylation sites is 2. The maximum Gasteiger partial charge on any atom is 0.266 e. The predicted octanol–water partition coefficient (Wildman–Crippen LogP) is 4.31. The summed E-state index contributed by atoms with van der Waals surface area (Å²) in [7, 11) is 0. The number of thioether (sulfide) groups is 1. The molecule has 0 aliphatic carbocycles. The lowest BCUT2D eigenvalue weighted by atomic mass is 10.0. The lowest BCUT2D eigenvalue weighted by molar-refractivity contribution is -0.118. The van der Waals surface area contributed by atoms with Crippen LogP contribution in [-0.4, -0.2) is 26.2 Å². The molecule has 0 aliphatic rings. The molecule has 32 heavy (non-hydrogen) atoms. The molecule has 7 heteroatoms. The van der Waals surface area contributed by atoms with Crippen molar-refractivity contribution in [3.05, 3.63) is 94.5 Å². The monoisotopic (exact) mass is 444 g/mol. The van der Waals surface area contributed by atoms with Crippen molar-refractivity contribution < 1.29 is 4.79 Å². The first-order valence-electron chi connectivity index (χ1n) is 10.4. The number of benzene rings is 2. The molecule has 2 heterocycles. The van der Waals surface area contributed by atoms with E-state index in [1.54, 1.807) is 16.8 Å². The highest BCUT2D eigenvalue weighted by Gasteiger charge is 2.17. The Kier molecular flexibility index (Phi) is 6.66. The second-order valence-electron chi connectivity index (χ2n) is 7.65. The molecule has 4 aromatic rings. The second-order valence-corrected chi connectivity index (χ2v) is 8.59. The van der Waals surface area contributed by atoms with E-state index in [4.69, 9.17) is 4.98 Å². The minimum absolute atomic E-state index is 0.139. The van der Waals surface area contributed by atoms with E-state index in [1.165, 1.54) is 11.8 Å². The first-order chi connectivity index (χ1) is 15.5. The van der Waals surface area contributed by atoms with Crippen molar-refractivity contribution in [2.75, 3.05) is 5.75 Å². The topological polar surface area (TPSA) is 76.9 Å². The number of amides is 1. The molecule has 0 aliphatic heterocycles. The van der Waals surface area contributed by atoms with E-state index in [-0.39, 0.29) is 23.1 Å². The summed E-state index contributed by atoms with van der Waals surface area (Å²) in [5.74, 6) is 0.220. The fourth-order valence-electron chi connectivity index (χ4n) is 3.47. The Morgan fingerprint density at radius 3 is 2.56 bits per heavy atom. The van der Waals surface area contributed by atoms with E-state index >= 15 is 0 Å². The molecular formula is C25H24N4O2S. The maximum absolute atomic E-state index is 13.5. The first-order valence-corrected chi connectivity index (χ1v) is 11.4. The molecule has 0 radical (unpaired) electrons. The molecule has 2 aromatic heterocycles. The highest BCUT2D eigenvalue weighted by Crippen LogP contribution is 2.27.